The highest BCUT2D eigenvalue weighted by atomic mass is 35.5. The molecule has 0 aliphatic heterocycles. The molecule has 1 heterocycles. The molecule has 7 heteroatoms. The Morgan fingerprint density at radius 1 is 1.23 bits per heavy atom. The minimum Gasteiger partial charge on any atom is -0.383 e. The summed E-state index contributed by atoms with van der Waals surface area (Å²) in [6.07, 6.45) is 1.02. The fourth-order valence-electron chi connectivity index (χ4n) is 2.66. The number of halogens is 2. The van der Waals surface area contributed by atoms with Gasteiger partial charge in [0.2, 0.25) is 5.91 Å². The van der Waals surface area contributed by atoms with Crippen LogP contribution in [0.3, 0.4) is 0 Å². The van der Waals surface area contributed by atoms with E-state index in [4.69, 9.17) is 27.9 Å². The summed E-state index contributed by atoms with van der Waals surface area (Å²) in [6, 6.07) is 13.4. The van der Waals surface area contributed by atoms with Crippen LogP contribution in [0.2, 0.25) is 10.0 Å². The van der Waals surface area contributed by atoms with E-state index in [2.05, 4.69) is 4.99 Å². The maximum atomic E-state index is 12.4. The largest absolute Gasteiger partial charge is 0.383 e. The lowest BCUT2D eigenvalue weighted by atomic mass is 10.1. The molecule has 2 aromatic carbocycles. The van der Waals surface area contributed by atoms with Crippen LogP contribution in [0.5, 0.6) is 0 Å². The number of fused-ring (bicyclic) bond motifs is 1. The Balaban J connectivity index is 1.93. The number of aromatic nitrogens is 1. The lowest BCUT2D eigenvalue weighted by Crippen LogP contribution is -2.19. The SMILES string of the molecule is COCCn1c(=NC(=O)CCc2ccccc2)sc2cc(Cl)cc(Cl)c21. The van der Waals surface area contributed by atoms with E-state index in [-0.39, 0.29) is 5.91 Å². The van der Waals surface area contributed by atoms with Crippen LogP contribution in [0, 0.1) is 0 Å². The number of thiazole rings is 1. The van der Waals surface area contributed by atoms with Gasteiger partial charge in [0.1, 0.15) is 0 Å². The van der Waals surface area contributed by atoms with Gasteiger partial charge < -0.3 is 9.30 Å². The first kappa shape index (κ1) is 19.1. The lowest BCUT2D eigenvalue weighted by Gasteiger charge is -2.06. The van der Waals surface area contributed by atoms with E-state index in [0.717, 1.165) is 15.8 Å². The normalized spacial score (nSPS) is 12.0. The van der Waals surface area contributed by atoms with Crippen molar-refractivity contribution in [3.05, 3.63) is 62.9 Å². The van der Waals surface area contributed by atoms with Gasteiger partial charge in [-0.25, -0.2) is 0 Å². The van der Waals surface area contributed by atoms with Crippen LogP contribution in [-0.4, -0.2) is 24.2 Å². The van der Waals surface area contributed by atoms with Gasteiger partial charge in [-0.15, -0.1) is 0 Å². The van der Waals surface area contributed by atoms with E-state index < -0.39 is 0 Å². The van der Waals surface area contributed by atoms with Gasteiger partial charge in [-0.2, -0.15) is 4.99 Å². The Labute approximate surface area is 165 Å². The predicted molar refractivity (Wildman–Crippen MR) is 107 cm³/mol. The van der Waals surface area contributed by atoms with Crippen LogP contribution in [-0.2, 0) is 22.5 Å². The van der Waals surface area contributed by atoms with Gasteiger partial charge >= 0.3 is 0 Å². The molecule has 26 heavy (non-hydrogen) atoms. The van der Waals surface area contributed by atoms with Gasteiger partial charge in [0.25, 0.3) is 0 Å². The van der Waals surface area contributed by atoms with Crippen LogP contribution in [0.1, 0.15) is 12.0 Å². The average molecular weight is 409 g/mol. The second kappa shape index (κ2) is 8.82. The molecule has 1 aromatic heterocycles. The van der Waals surface area contributed by atoms with E-state index in [9.17, 15) is 4.79 Å². The fraction of sp³-hybridized carbons (Fsp3) is 0.263. The highest BCUT2D eigenvalue weighted by Crippen LogP contribution is 2.29. The molecular formula is C19H18Cl2N2O2S. The standard InChI is InChI=1S/C19H18Cl2N2O2S/c1-25-10-9-23-18-15(21)11-14(20)12-16(18)26-19(23)22-17(24)8-7-13-5-3-2-4-6-13/h2-6,11-12H,7-10H2,1H3. The minimum atomic E-state index is -0.159. The van der Waals surface area contributed by atoms with E-state index in [1.807, 2.05) is 41.0 Å². The van der Waals surface area contributed by atoms with Crippen LogP contribution < -0.4 is 4.80 Å². The molecule has 0 atom stereocenters. The number of methoxy groups -OCH3 is 1. The number of rotatable bonds is 6. The summed E-state index contributed by atoms with van der Waals surface area (Å²) in [5, 5.41) is 1.10. The molecular weight excluding hydrogens is 391 g/mol. The van der Waals surface area contributed by atoms with Crippen LogP contribution in [0.15, 0.2) is 47.5 Å². The van der Waals surface area contributed by atoms with E-state index in [0.29, 0.717) is 40.8 Å². The second-order valence-electron chi connectivity index (χ2n) is 5.75. The molecule has 0 aliphatic carbocycles. The Kier molecular flexibility index (Phi) is 6.48. The molecule has 0 N–H and O–H groups in total. The number of aryl methyl sites for hydroxylation is 1. The number of carbonyl (C=O) groups is 1. The predicted octanol–water partition coefficient (Wildman–Crippen LogP) is 4.72. The first-order valence-electron chi connectivity index (χ1n) is 8.17. The molecule has 4 nitrogen and oxygen atoms in total. The minimum absolute atomic E-state index is 0.159. The van der Waals surface area contributed by atoms with E-state index in [1.54, 1.807) is 13.2 Å². The molecule has 0 spiro atoms. The highest BCUT2D eigenvalue weighted by molar-refractivity contribution is 7.16. The van der Waals surface area contributed by atoms with Crippen molar-refractivity contribution in [1.29, 1.82) is 0 Å². The fourth-order valence-corrected chi connectivity index (χ4v) is 4.52. The van der Waals surface area contributed by atoms with Gasteiger partial charge in [0.15, 0.2) is 4.80 Å². The first-order chi connectivity index (χ1) is 12.6. The zero-order valence-corrected chi connectivity index (χ0v) is 16.6. The number of ether oxygens (including phenoxy) is 1. The maximum Gasteiger partial charge on any atom is 0.248 e. The molecule has 0 unspecified atom stereocenters. The van der Waals surface area contributed by atoms with Crippen molar-refractivity contribution in [1.82, 2.24) is 4.57 Å². The van der Waals surface area contributed by atoms with E-state index >= 15 is 0 Å². The maximum absolute atomic E-state index is 12.4. The number of benzene rings is 2. The van der Waals surface area contributed by atoms with Crippen molar-refractivity contribution in [2.24, 2.45) is 4.99 Å². The van der Waals surface area contributed by atoms with Crippen molar-refractivity contribution in [2.75, 3.05) is 13.7 Å². The topological polar surface area (TPSA) is 43.6 Å². The Bertz CT molecular complexity index is 980. The molecule has 0 saturated heterocycles. The van der Waals surface area contributed by atoms with Crippen molar-refractivity contribution < 1.29 is 9.53 Å². The summed E-state index contributed by atoms with van der Waals surface area (Å²) >= 11 is 13.9. The molecule has 0 radical (unpaired) electrons. The van der Waals surface area contributed by atoms with Gasteiger partial charge in [0.05, 0.1) is 21.8 Å². The number of hydrogen-bond acceptors (Lipinski definition) is 3. The molecule has 1 amide bonds. The summed E-state index contributed by atoms with van der Waals surface area (Å²) in [5.41, 5.74) is 1.95. The van der Waals surface area contributed by atoms with Gasteiger partial charge in [-0.05, 0) is 24.1 Å². The van der Waals surface area contributed by atoms with Crippen molar-refractivity contribution in [2.45, 2.75) is 19.4 Å². The lowest BCUT2D eigenvalue weighted by molar-refractivity contribution is -0.118. The summed E-state index contributed by atoms with van der Waals surface area (Å²) in [4.78, 5) is 17.3. The third-order valence-electron chi connectivity index (χ3n) is 3.91. The van der Waals surface area contributed by atoms with Crippen LogP contribution in [0.25, 0.3) is 10.2 Å². The Hall–Kier alpha value is -1.66. The molecule has 3 rings (SSSR count). The zero-order valence-electron chi connectivity index (χ0n) is 14.2. The van der Waals surface area contributed by atoms with E-state index in [1.165, 1.54) is 11.3 Å². The summed E-state index contributed by atoms with van der Waals surface area (Å²) in [6.45, 7) is 1.05. The number of amides is 1. The smallest absolute Gasteiger partial charge is 0.248 e. The second-order valence-corrected chi connectivity index (χ2v) is 7.61. The molecule has 0 aliphatic rings. The summed E-state index contributed by atoms with van der Waals surface area (Å²) in [5.74, 6) is -0.159. The summed E-state index contributed by atoms with van der Waals surface area (Å²) < 4.78 is 8.00. The Morgan fingerprint density at radius 3 is 2.73 bits per heavy atom. The average Bonchev–Trinajstić information content (AvgIpc) is 2.96. The van der Waals surface area contributed by atoms with Crippen molar-refractivity contribution in [3.8, 4) is 0 Å². The van der Waals surface area contributed by atoms with Gasteiger partial charge in [-0.1, -0.05) is 64.9 Å². The van der Waals surface area contributed by atoms with Gasteiger partial charge in [-0.3, -0.25) is 4.79 Å². The Morgan fingerprint density at radius 2 is 2.00 bits per heavy atom. The quantitative estimate of drug-likeness (QED) is 0.592. The summed E-state index contributed by atoms with van der Waals surface area (Å²) in [7, 11) is 1.63. The zero-order chi connectivity index (χ0) is 18.5. The number of carbonyl (C=O) groups excluding carboxylic acids is 1. The third-order valence-corrected chi connectivity index (χ3v) is 5.44. The third kappa shape index (κ3) is 4.54. The first-order valence-corrected chi connectivity index (χ1v) is 9.74. The van der Waals surface area contributed by atoms with Crippen molar-refractivity contribution in [3.63, 3.8) is 0 Å². The van der Waals surface area contributed by atoms with Crippen LogP contribution in [0.4, 0.5) is 0 Å². The van der Waals surface area contributed by atoms with Gasteiger partial charge in [0, 0.05) is 25.1 Å². The molecule has 0 bridgehead atoms. The number of hydrogen-bond donors (Lipinski definition) is 0. The molecule has 0 fully saturated rings. The molecule has 3 aromatic rings. The molecule has 136 valence electrons. The molecule has 0 saturated carbocycles. The van der Waals surface area contributed by atoms with Crippen LogP contribution >= 0.6 is 34.5 Å². The highest BCUT2D eigenvalue weighted by Gasteiger charge is 2.12. The number of nitrogens with zero attached hydrogens (tertiary/aromatic N) is 2. The van der Waals surface area contributed by atoms with Crippen molar-refractivity contribution >= 4 is 50.7 Å². The monoisotopic (exact) mass is 408 g/mol.